The Bertz CT molecular complexity index is 695. The molecule has 3 fully saturated rings. The second kappa shape index (κ2) is 4.66. The van der Waals surface area contributed by atoms with Gasteiger partial charge in [-0.1, -0.05) is 25.5 Å². The Labute approximate surface area is 142 Å². The number of hydrogen-bond acceptors (Lipinski definition) is 3. The highest BCUT2D eigenvalue weighted by Gasteiger charge is 2.71. The zero-order valence-corrected chi connectivity index (χ0v) is 14.5. The number of fused-ring (bicyclic) bond motifs is 5. The maximum Gasteiger partial charge on any atom is 0.178 e. The number of hydrogen-bond donors (Lipinski definition) is 1. The average Bonchev–Trinajstić information content (AvgIpc) is 2.74. The Morgan fingerprint density at radius 2 is 1.96 bits per heavy atom. The van der Waals surface area contributed by atoms with Crippen LogP contribution in [0.3, 0.4) is 0 Å². The van der Waals surface area contributed by atoms with Crippen molar-refractivity contribution < 1.29 is 19.1 Å². The molecule has 4 rings (SSSR count). The van der Waals surface area contributed by atoms with Gasteiger partial charge in [0.2, 0.25) is 0 Å². The second-order valence-corrected chi connectivity index (χ2v) is 8.77. The first kappa shape index (κ1) is 16.2. The van der Waals surface area contributed by atoms with Crippen LogP contribution in [0.5, 0.6) is 0 Å². The van der Waals surface area contributed by atoms with Gasteiger partial charge in [-0.2, -0.15) is 0 Å². The number of rotatable bonds is 0. The number of halogens is 1. The molecule has 0 saturated heterocycles. The molecule has 0 unspecified atom stereocenters. The third kappa shape index (κ3) is 1.66. The van der Waals surface area contributed by atoms with Crippen LogP contribution in [-0.4, -0.2) is 28.4 Å². The Morgan fingerprint density at radius 1 is 1.25 bits per heavy atom. The summed E-state index contributed by atoms with van der Waals surface area (Å²) in [7, 11) is 0. The lowest BCUT2D eigenvalue weighted by Gasteiger charge is -2.60. The Kier molecular flexibility index (Phi) is 3.14. The lowest BCUT2D eigenvalue weighted by atomic mass is 9.46. The smallest absolute Gasteiger partial charge is 0.178 e. The fourth-order valence-corrected chi connectivity index (χ4v) is 6.33. The highest BCUT2D eigenvalue weighted by atomic mass is 19.1. The van der Waals surface area contributed by atoms with E-state index in [2.05, 4.69) is 0 Å². The van der Waals surface area contributed by atoms with Crippen LogP contribution in [0.2, 0.25) is 0 Å². The van der Waals surface area contributed by atoms with Gasteiger partial charge in [0.15, 0.2) is 11.5 Å². The summed E-state index contributed by atoms with van der Waals surface area (Å²) in [6.07, 6.45) is 5.57. The van der Waals surface area contributed by atoms with E-state index in [1.807, 2.05) is 13.8 Å². The van der Waals surface area contributed by atoms with Crippen molar-refractivity contribution in [2.75, 3.05) is 0 Å². The Hall–Kier alpha value is -1.29. The number of aliphatic hydroxyl groups is 1. The molecule has 3 nitrogen and oxygen atoms in total. The fraction of sp³-hybridized carbons (Fsp3) is 0.700. The second-order valence-electron chi connectivity index (χ2n) is 8.77. The van der Waals surface area contributed by atoms with Crippen LogP contribution < -0.4 is 0 Å². The van der Waals surface area contributed by atoms with E-state index in [0.717, 1.165) is 5.57 Å². The average molecular weight is 332 g/mol. The van der Waals surface area contributed by atoms with E-state index in [4.69, 9.17) is 0 Å². The van der Waals surface area contributed by atoms with Gasteiger partial charge < -0.3 is 5.11 Å². The normalized spacial score (nSPS) is 53.3. The highest BCUT2D eigenvalue weighted by Crippen LogP contribution is 2.67. The molecule has 3 saturated carbocycles. The van der Waals surface area contributed by atoms with Gasteiger partial charge >= 0.3 is 0 Å². The molecule has 130 valence electrons. The largest absolute Gasteiger partial charge is 0.390 e. The summed E-state index contributed by atoms with van der Waals surface area (Å²) in [5, 5.41) is 10.9. The molecule has 1 N–H and O–H groups in total. The van der Waals surface area contributed by atoms with Crippen LogP contribution in [0.1, 0.15) is 46.5 Å². The van der Waals surface area contributed by atoms with Crippen molar-refractivity contribution in [3.05, 3.63) is 23.8 Å². The minimum atomic E-state index is -1.82. The maximum atomic E-state index is 16.6. The quantitative estimate of drug-likeness (QED) is 0.741. The molecule has 0 bridgehead atoms. The SMILES string of the molecule is C[C@H]1C[C@@H]2[C@H]3CCC4=CC(=O)C=C[C@]4(C)[C@@]3(F)[C@@H](O)C[C@]2(C)C1=O. The van der Waals surface area contributed by atoms with Crippen LogP contribution in [0.4, 0.5) is 4.39 Å². The van der Waals surface area contributed by atoms with Crippen molar-refractivity contribution in [3.8, 4) is 0 Å². The van der Waals surface area contributed by atoms with E-state index in [1.165, 1.54) is 6.08 Å². The Balaban J connectivity index is 1.84. The number of aliphatic hydroxyl groups excluding tert-OH is 1. The van der Waals surface area contributed by atoms with Crippen molar-refractivity contribution in [2.24, 2.45) is 28.6 Å². The molecule has 24 heavy (non-hydrogen) atoms. The van der Waals surface area contributed by atoms with Crippen molar-refractivity contribution in [1.29, 1.82) is 0 Å². The summed E-state index contributed by atoms with van der Waals surface area (Å²) in [6, 6.07) is 0. The summed E-state index contributed by atoms with van der Waals surface area (Å²) in [5.41, 5.74) is -2.61. The van der Waals surface area contributed by atoms with Gasteiger partial charge in [-0.05, 0) is 50.7 Å². The predicted octanol–water partition coefficient (Wildman–Crippen LogP) is 3.17. The summed E-state index contributed by atoms with van der Waals surface area (Å²) in [5.74, 6) is -0.375. The van der Waals surface area contributed by atoms with Crippen LogP contribution >= 0.6 is 0 Å². The lowest BCUT2D eigenvalue weighted by molar-refractivity contribution is -0.190. The van der Waals surface area contributed by atoms with Gasteiger partial charge in [-0.25, -0.2) is 4.39 Å². The van der Waals surface area contributed by atoms with Crippen molar-refractivity contribution >= 4 is 11.6 Å². The van der Waals surface area contributed by atoms with Crippen LogP contribution in [0.15, 0.2) is 23.8 Å². The summed E-state index contributed by atoms with van der Waals surface area (Å²) in [4.78, 5) is 24.4. The number of Topliss-reactive ketones (excluding diaryl/α,β-unsaturated/α-hetero) is 1. The van der Waals surface area contributed by atoms with Crippen LogP contribution in [-0.2, 0) is 9.59 Å². The first-order valence-electron chi connectivity index (χ1n) is 9.00. The van der Waals surface area contributed by atoms with Gasteiger partial charge in [0.05, 0.1) is 6.10 Å². The van der Waals surface area contributed by atoms with Gasteiger partial charge in [0.25, 0.3) is 0 Å². The van der Waals surface area contributed by atoms with E-state index in [-0.39, 0.29) is 35.7 Å². The lowest BCUT2D eigenvalue weighted by Crippen LogP contribution is -2.66. The summed E-state index contributed by atoms with van der Waals surface area (Å²) in [6.45, 7) is 5.65. The fourth-order valence-electron chi connectivity index (χ4n) is 6.33. The molecular weight excluding hydrogens is 307 g/mol. The molecule has 0 aromatic heterocycles. The van der Waals surface area contributed by atoms with Gasteiger partial charge in [0, 0.05) is 22.7 Å². The molecule has 0 radical (unpaired) electrons. The molecule has 0 aliphatic heterocycles. The summed E-state index contributed by atoms with van der Waals surface area (Å²) < 4.78 is 16.6. The Morgan fingerprint density at radius 3 is 2.67 bits per heavy atom. The molecule has 0 aromatic rings. The third-order valence-corrected chi connectivity index (χ3v) is 7.65. The standard InChI is InChI=1S/C20H25FO3/c1-11-8-15-14-5-4-12-9-13(22)6-7-19(12,3)20(14,21)16(23)10-18(15,2)17(11)24/h6-7,9,11,14-16,23H,4-5,8,10H2,1-3H3/t11-,14+,15+,16-,18-,19-,20-/m0/s1. The summed E-state index contributed by atoms with van der Waals surface area (Å²) >= 11 is 0. The monoisotopic (exact) mass is 332 g/mol. The minimum Gasteiger partial charge on any atom is -0.390 e. The predicted molar refractivity (Wildman–Crippen MR) is 87.9 cm³/mol. The number of carbonyl (C=O) groups is 2. The van der Waals surface area contributed by atoms with Gasteiger partial charge in [0.1, 0.15) is 5.78 Å². The molecule has 4 aliphatic carbocycles. The number of ketones is 2. The molecule has 0 spiro atoms. The minimum absolute atomic E-state index is 0.0298. The zero-order chi connectivity index (χ0) is 17.5. The van der Waals surface area contributed by atoms with E-state index in [0.29, 0.717) is 19.3 Å². The van der Waals surface area contributed by atoms with Crippen molar-refractivity contribution in [2.45, 2.75) is 58.2 Å². The van der Waals surface area contributed by atoms with E-state index in [1.54, 1.807) is 19.1 Å². The molecule has 0 amide bonds. The van der Waals surface area contributed by atoms with Crippen LogP contribution in [0, 0.1) is 28.6 Å². The molecule has 0 aromatic carbocycles. The number of alkyl halides is 1. The molecule has 0 heterocycles. The topological polar surface area (TPSA) is 54.4 Å². The number of carbonyl (C=O) groups excluding carboxylic acids is 2. The van der Waals surface area contributed by atoms with Crippen molar-refractivity contribution in [3.63, 3.8) is 0 Å². The first-order valence-corrected chi connectivity index (χ1v) is 9.00. The molecule has 4 heteroatoms. The van der Waals surface area contributed by atoms with Crippen LogP contribution in [0.25, 0.3) is 0 Å². The van der Waals surface area contributed by atoms with Gasteiger partial charge in [-0.3, -0.25) is 9.59 Å². The van der Waals surface area contributed by atoms with Crippen molar-refractivity contribution in [1.82, 2.24) is 0 Å². The van der Waals surface area contributed by atoms with E-state index in [9.17, 15) is 14.7 Å². The third-order valence-electron chi connectivity index (χ3n) is 7.65. The van der Waals surface area contributed by atoms with Gasteiger partial charge in [-0.15, -0.1) is 0 Å². The highest BCUT2D eigenvalue weighted by molar-refractivity contribution is 6.01. The molecule has 4 aliphatic rings. The maximum absolute atomic E-state index is 16.6. The molecular formula is C20H25FO3. The first-order chi connectivity index (χ1) is 11.1. The molecule has 7 atom stereocenters. The van der Waals surface area contributed by atoms with E-state index >= 15 is 4.39 Å². The van der Waals surface area contributed by atoms with E-state index < -0.39 is 22.6 Å². The zero-order valence-electron chi connectivity index (χ0n) is 14.5. The number of allylic oxidation sites excluding steroid dienone is 4.